The van der Waals surface area contributed by atoms with Gasteiger partial charge in [0.05, 0.1) is 26.2 Å². The first-order chi connectivity index (χ1) is 14.2. The fourth-order valence-electron chi connectivity index (χ4n) is 3.05. The third kappa shape index (κ3) is 3.96. The largest absolute Gasteiger partial charge is 0.293 e. The number of carbonyl (C=O) groups excluding carboxylic acids is 1. The molecule has 8 heteroatoms. The second-order valence-electron chi connectivity index (χ2n) is 6.80. The van der Waals surface area contributed by atoms with Crippen LogP contribution < -0.4 is 0 Å². The van der Waals surface area contributed by atoms with Crippen LogP contribution in [-0.4, -0.2) is 30.2 Å². The highest BCUT2D eigenvalue weighted by Gasteiger charge is 2.18. The first kappa shape index (κ1) is 20.5. The molecule has 0 radical (unpaired) electrons. The number of rotatable bonds is 5. The van der Waals surface area contributed by atoms with Crippen molar-refractivity contribution in [1.82, 2.24) is 9.78 Å². The molecule has 0 aliphatic carbocycles. The Bertz CT molecular complexity index is 1370. The minimum Gasteiger partial charge on any atom is -0.293 e. The highest BCUT2D eigenvalue weighted by molar-refractivity contribution is 7.90. The van der Waals surface area contributed by atoms with Crippen molar-refractivity contribution in [1.29, 1.82) is 0 Å². The van der Waals surface area contributed by atoms with Gasteiger partial charge in [-0.3, -0.25) is 4.79 Å². The summed E-state index contributed by atoms with van der Waals surface area (Å²) in [6.07, 6.45) is 1.19. The van der Waals surface area contributed by atoms with Gasteiger partial charge in [0.2, 0.25) is 0 Å². The van der Waals surface area contributed by atoms with Crippen molar-refractivity contribution in [2.75, 3.05) is 6.26 Å². The van der Waals surface area contributed by atoms with E-state index in [1.165, 1.54) is 24.5 Å². The summed E-state index contributed by atoms with van der Waals surface area (Å²) in [5.74, 6) is -0.139. The molecule has 0 saturated heterocycles. The molecule has 0 N–H and O–H groups in total. The molecule has 0 bridgehead atoms. The van der Waals surface area contributed by atoms with E-state index in [1.807, 2.05) is 36.4 Å². The Hall–Kier alpha value is -2.74. The van der Waals surface area contributed by atoms with Crippen LogP contribution in [0.25, 0.3) is 26.7 Å². The van der Waals surface area contributed by atoms with Gasteiger partial charge >= 0.3 is 0 Å². The molecular formula is C22H17ClN2O3S2. The van der Waals surface area contributed by atoms with E-state index in [1.54, 1.807) is 35.0 Å². The van der Waals surface area contributed by atoms with E-state index in [2.05, 4.69) is 5.10 Å². The van der Waals surface area contributed by atoms with Gasteiger partial charge < -0.3 is 0 Å². The predicted molar refractivity (Wildman–Crippen MR) is 120 cm³/mol. The molecule has 0 atom stereocenters. The molecule has 0 unspecified atom stereocenters. The summed E-state index contributed by atoms with van der Waals surface area (Å²) in [6.45, 7) is 1.47. The molecule has 0 fully saturated rings. The number of aromatic nitrogens is 2. The Kier molecular flexibility index (Phi) is 5.36. The van der Waals surface area contributed by atoms with Gasteiger partial charge in [0.25, 0.3) is 0 Å². The molecule has 2 aromatic heterocycles. The lowest BCUT2D eigenvalue weighted by Crippen LogP contribution is -2.01. The maximum Gasteiger partial charge on any atom is 0.180 e. The Labute approximate surface area is 183 Å². The molecule has 0 aliphatic heterocycles. The molecule has 0 saturated carbocycles. The fraction of sp³-hybridized carbons (Fsp3) is 0.0909. The summed E-state index contributed by atoms with van der Waals surface area (Å²) in [7, 11) is -3.29. The number of sulfone groups is 1. The summed E-state index contributed by atoms with van der Waals surface area (Å²) < 4.78 is 25.4. The standard InChI is InChI=1S/C22H17ClN2O3S2/c1-14(26)18-13-20(25(24-18)19-9-4-3-8-17(19)23)22-11-10-21(29-22)15-6-5-7-16(12-15)30(2,27)28/h3-13H,1-2H3. The zero-order valence-electron chi connectivity index (χ0n) is 16.2. The van der Waals surface area contributed by atoms with Crippen molar-refractivity contribution in [3.05, 3.63) is 77.4 Å². The number of carbonyl (C=O) groups is 1. The van der Waals surface area contributed by atoms with Gasteiger partial charge in [-0.25, -0.2) is 13.1 Å². The SMILES string of the molecule is CC(=O)c1cc(-c2ccc(-c3cccc(S(C)(=O)=O)c3)s2)n(-c2ccccc2Cl)n1. The van der Waals surface area contributed by atoms with Crippen molar-refractivity contribution in [2.24, 2.45) is 0 Å². The zero-order valence-corrected chi connectivity index (χ0v) is 18.6. The molecular weight excluding hydrogens is 440 g/mol. The van der Waals surface area contributed by atoms with Crippen molar-refractivity contribution in [2.45, 2.75) is 11.8 Å². The molecule has 2 aromatic carbocycles. The Morgan fingerprint density at radius 2 is 1.73 bits per heavy atom. The highest BCUT2D eigenvalue weighted by atomic mass is 35.5. The first-order valence-electron chi connectivity index (χ1n) is 9.00. The smallest absolute Gasteiger partial charge is 0.180 e. The van der Waals surface area contributed by atoms with E-state index < -0.39 is 9.84 Å². The lowest BCUT2D eigenvalue weighted by atomic mass is 10.2. The van der Waals surface area contributed by atoms with Gasteiger partial charge in [0.15, 0.2) is 15.6 Å². The fourth-order valence-corrected chi connectivity index (χ4v) is 4.93. The van der Waals surface area contributed by atoms with Crippen LogP contribution >= 0.6 is 22.9 Å². The molecule has 4 aromatic rings. The second kappa shape index (κ2) is 7.83. The Morgan fingerprint density at radius 1 is 1.00 bits per heavy atom. The van der Waals surface area contributed by atoms with E-state index in [-0.39, 0.29) is 10.7 Å². The lowest BCUT2D eigenvalue weighted by molar-refractivity contribution is 0.101. The van der Waals surface area contributed by atoms with Crippen molar-refractivity contribution < 1.29 is 13.2 Å². The van der Waals surface area contributed by atoms with Crippen LogP contribution in [0.5, 0.6) is 0 Å². The number of halogens is 1. The summed E-state index contributed by atoms with van der Waals surface area (Å²) >= 11 is 7.86. The molecule has 0 spiro atoms. The molecule has 0 aliphatic rings. The molecule has 152 valence electrons. The number of nitrogens with zero attached hydrogens (tertiary/aromatic N) is 2. The predicted octanol–water partition coefficient (Wildman–Crippen LogP) is 5.53. The topological polar surface area (TPSA) is 69.0 Å². The first-order valence-corrected chi connectivity index (χ1v) is 12.1. The van der Waals surface area contributed by atoms with Gasteiger partial charge in [0, 0.05) is 18.1 Å². The minimum absolute atomic E-state index is 0.139. The van der Waals surface area contributed by atoms with Crippen LogP contribution in [-0.2, 0) is 9.84 Å². The summed E-state index contributed by atoms with van der Waals surface area (Å²) in [5, 5.41) is 4.98. The lowest BCUT2D eigenvalue weighted by Gasteiger charge is -2.07. The third-order valence-electron chi connectivity index (χ3n) is 4.56. The summed E-state index contributed by atoms with van der Waals surface area (Å²) in [6, 6.07) is 19.8. The molecule has 2 heterocycles. The zero-order chi connectivity index (χ0) is 21.5. The van der Waals surface area contributed by atoms with Crippen molar-refractivity contribution in [3.63, 3.8) is 0 Å². The average molecular weight is 457 g/mol. The Balaban J connectivity index is 1.83. The normalized spacial score (nSPS) is 11.6. The third-order valence-corrected chi connectivity index (χ3v) is 7.14. The molecule has 0 amide bonds. The van der Waals surface area contributed by atoms with Crippen molar-refractivity contribution >= 4 is 38.6 Å². The maximum absolute atomic E-state index is 12.0. The van der Waals surface area contributed by atoms with E-state index >= 15 is 0 Å². The van der Waals surface area contributed by atoms with E-state index in [0.29, 0.717) is 16.4 Å². The molecule has 4 rings (SSSR count). The van der Waals surface area contributed by atoms with E-state index in [0.717, 1.165) is 21.0 Å². The van der Waals surface area contributed by atoms with Crippen LogP contribution in [0.3, 0.4) is 0 Å². The number of benzene rings is 2. The monoisotopic (exact) mass is 456 g/mol. The number of ketones is 1. The van der Waals surface area contributed by atoms with Crippen LogP contribution in [0.2, 0.25) is 5.02 Å². The van der Waals surface area contributed by atoms with Crippen LogP contribution in [0.1, 0.15) is 17.4 Å². The molecule has 5 nitrogen and oxygen atoms in total. The van der Waals surface area contributed by atoms with Gasteiger partial charge in [-0.05, 0) is 48.0 Å². The van der Waals surface area contributed by atoms with Gasteiger partial charge in [0.1, 0.15) is 5.69 Å². The Morgan fingerprint density at radius 3 is 2.43 bits per heavy atom. The van der Waals surface area contributed by atoms with E-state index in [4.69, 9.17) is 11.6 Å². The summed E-state index contributed by atoms with van der Waals surface area (Å²) in [4.78, 5) is 14.0. The van der Waals surface area contributed by atoms with Crippen LogP contribution in [0.4, 0.5) is 0 Å². The highest BCUT2D eigenvalue weighted by Crippen LogP contribution is 2.37. The number of para-hydroxylation sites is 1. The quantitative estimate of drug-likeness (QED) is 0.370. The van der Waals surface area contributed by atoms with Crippen LogP contribution in [0, 0.1) is 0 Å². The number of Topliss-reactive ketones (excluding diaryl/α,β-unsaturated/α-hetero) is 1. The number of hydrogen-bond acceptors (Lipinski definition) is 5. The number of thiophene rings is 1. The number of hydrogen-bond donors (Lipinski definition) is 0. The van der Waals surface area contributed by atoms with E-state index in [9.17, 15) is 13.2 Å². The molecule has 30 heavy (non-hydrogen) atoms. The summed E-state index contributed by atoms with van der Waals surface area (Å²) in [5.41, 5.74) is 2.57. The van der Waals surface area contributed by atoms with Gasteiger partial charge in [-0.2, -0.15) is 5.10 Å². The van der Waals surface area contributed by atoms with Gasteiger partial charge in [-0.1, -0.05) is 35.9 Å². The van der Waals surface area contributed by atoms with Crippen molar-refractivity contribution in [3.8, 4) is 26.7 Å². The maximum atomic E-state index is 12.0. The van der Waals surface area contributed by atoms with Gasteiger partial charge in [-0.15, -0.1) is 11.3 Å². The average Bonchev–Trinajstić information content (AvgIpc) is 3.35. The minimum atomic E-state index is -3.29. The second-order valence-corrected chi connectivity index (χ2v) is 10.3. The van der Waals surface area contributed by atoms with Crippen LogP contribution in [0.15, 0.2) is 71.6 Å².